The third kappa shape index (κ3) is 5.97. The molecule has 2 aromatic rings. The van der Waals surface area contributed by atoms with E-state index in [0.29, 0.717) is 0 Å². The first kappa shape index (κ1) is 20.7. The molecule has 0 aliphatic rings. The third-order valence-electron chi connectivity index (χ3n) is 3.10. The molecular weight excluding hydrogens is 408 g/mol. The van der Waals surface area contributed by atoms with E-state index in [9.17, 15) is 22.0 Å². The SMILES string of the molecule is COC(=O)COc1cccc(NS(=O)(=O)c2ccc(OC(F)F)c(Cl)c2)c1. The van der Waals surface area contributed by atoms with Gasteiger partial charge in [0.15, 0.2) is 6.61 Å². The number of anilines is 1. The Kier molecular flexibility index (Phi) is 6.81. The van der Waals surface area contributed by atoms with E-state index in [1.165, 1.54) is 31.4 Å². The van der Waals surface area contributed by atoms with Gasteiger partial charge >= 0.3 is 12.6 Å². The van der Waals surface area contributed by atoms with Crippen molar-refractivity contribution in [2.75, 3.05) is 18.4 Å². The predicted octanol–water partition coefficient (Wildman–Crippen LogP) is 3.29. The summed E-state index contributed by atoms with van der Waals surface area (Å²) < 4.78 is 65.4. The molecular formula is C16H14ClF2NO6S. The van der Waals surface area contributed by atoms with E-state index in [2.05, 4.69) is 14.2 Å². The van der Waals surface area contributed by atoms with Crippen molar-refractivity contribution in [3.05, 3.63) is 47.5 Å². The van der Waals surface area contributed by atoms with Crippen LogP contribution in [0.25, 0.3) is 0 Å². The lowest BCUT2D eigenvalue weighted by Crippen LogP contribution is -2.14. The minimum absolute atomic E-state index is 0.154. The fourth-order valence-corrected chi connectivity index (χ4v) is 3.27. The van der Waals surface area contributed by atoms with E-state index in [1.54, 1.807) is 0 Å². The summed E-state index contributed by atoms with van der Waals surface area (Å²) in [5, 5.41) is -0.284. The Bertz CT molecular complexity index is 923. The van der Waals surface area contributed by atoms with Crippen LogP contribution in [0.1, 0.15) is 0 Å². The average Bonchev–Trinajstić information content (AvgIpc) is 2.61. The number of sulfonamides is 1. The fourth-order valence-electron chi connectivity index (χ4n) is 1.90. The summed E-state index contributed by atoms with van der Waals surface area (Å²) in [6, 6.07) is 8.93. The molecule has 0 heterocycles. The van der Waals surface area contributed by atoms with Crippen LogP contribution in [0.2, 0.25) is 5.02 Å². The predicted molar refractivity (Wildman–Crippen MR) is 92.8 cm³/mol. The first-order valence-electron chi connectivity index (χ1n) is 7.28. The highest BCUT2D eigenvalue weighted by atomic mass is 35.5. The number of hydrogen-bond donors (Lipinski definition) is 1. The molecule has 0 bridgehead atoms. The maximum absolute atomic E-state index is 12.4. The smallest absolute Gasteiger partial charge is 0.387 e. The number of carbonyl (C=O) groups excluding carboxylic acids is 1. The van der Waals surface area contributed by atoms with Crippen LogP contribution in [0.3, 0.4) is 0 Å². The second-order valence-corrected chi connectivity index (χ2v) is 7.06. The number of halogens is 3. The number of carbonyl (C=O) groups is 1. The summed E-state index contributed by atoms with van der Waals surface area (Å²) in [7, 11) is -2.85. The molecule has 0 saturated carbocycles. The Morgan fingerprint density at radius 2 is 1.96 bits per heavy atom. The zero-order valence-corrected chi connectivity index (χ0v) is 15.4. The number of nitrogens with one attached hydrogen (secondary N) is 1. The van der Waals surface area contributed by atoms with Crippen molar-refractivity contribution in [1.82, 2.24) is 0 Å². The lowest BCUT2D eigenvalue weighted by molar-refractivity contribution is -0.142. The van der Waals surface area contributed by atoms with Gasteiger partial charge < -0.3 is 14.2 Å². The van der Waals surface area contributed by atoms with Gasteiger partial charge in [-0.15, -0.1) is 0 Å². The van der Waals surface area contributed by atoms with Crippen molar-refractivity contribution in [3.63, 3.8) is 0 Å². The summed E-state index contributed by atoms with van der Waals surface area (Å²) in [5.74, 6) is -0.704. The van der Waals surface area contributed by atoms with Gasteiger partial charge in [-0.3, -0.25) is 4.72 Å². The third-order valence-corrected chi connectivity index (χ3v) is 4.77. The normalized spacial score (nSPS) is 11.1. The molecule has 146 valence electrons. The van der Waals surface area contributed by atoms with Crippen LogP contribution in [-0.2, 0) is 19.6 Å². The number of esters is 1. The molecule has 27 heavy (non-hydrogen) atoms. The van der Waals surface area contributed by atoms with E-state index in [4.69, 9.17) is 16.3 Å². The number of alkyl halides is 2. The van der Waals surface area contributed by atoms with E-state index in [0.717, 1.165) is 18.2 Å². The van der Waals surface area contributed by atoms with Crippen LogP contribution in [0.4, 0.5) is 14.5 Å². The number of ether oxygens (including phenoxy) is 3. The number of rotatable bonds is 8. The first-order chi connectivity index (χ1) is 12.7. The molecule has 0 atom stereocenters. The van der Waals surface area contributed by atoms with Crippen molar-refractivity contribution in [1.29, 1.82) is 0 Å². The molecule has 11 heteroatoms. The molecule has 0 saturated heterocycles. The largest absolute Gasteiger partial charge is 0.482 e. The summed E-state index contributed by atoms with van der Waals surface area (Å²) >= 11 is 5.78. The van der Waals surface area contributed by atoms with Crippen molar-refractivity contribution >= 4 is 33.3 Å². The van der Waals surface area contributed by atoms with Crippen molar-refractivity contribution in [2.24, 2.45) is 0 Å². The van der Waals surface area contributed by atoms with Gasteiger partial charge in [0.1, 0.15) is 11.5 Å². The summed E-state index contributed by atoms with van der Waals surface area (Å²) in [6.45, 7) is -3.43. The standard InChI is InChI=1S/C16H14ClF2NO6S/c1-24-15(21)9-25-11-4-2-3-10(7-11)20-27(22,23)12-5-6-14(13(17)8-12)26-16(18)19/h2-8,16,20H,9H2,1H3. The van der Waals surface area contributed by atoms with Gasteiger partial charge in [0.25, 0.3) is 10.0 Å². The molecule has 0 aromatic heterocycles. The van der Waals surface area contributed by atoms with Gasteiger partial charge in [-0.2, -0.15) is 8.78 Å². The van der Waals surface area contributed by atoms with Gasteiger partial charge in [-0.25, -0.2) is 13.2 Å². The van der Waals surface area contributed by atoms with Gasteiger partial charge in [0, 0.05) is 6.07 Å². The van der Waals surface area contributed by atoms with Gasteiger partial charge in [-0.1, -0.05) is 17.7 Å². The molecule has 0 spiro atoms. The number of benzene rings is 2. The van der Waals surface area contributed by atoms with Gasteiger partial charge in [-0.05, 0) is 30.3 Å². The van der Waals surface area contributed by atoms with Gasteiger partial charge in [0.05, 0.1) is 22.7 Å². The quantitative estimate of drug-likeness (QED) is 0.658. The van der Waals surface area contributed by atoms with Crippen molar-refractivity contribution < 1.29 is 36.2 Å². The highest BCUT2D eigenvalue weighted by molar-refractivity contribution is 7.92. The topological polar surface area (TPSA) is 90.9 Å². The molecule has 0 unspecified atom stereocenters. The summed E-state index contributed by atoms with van der Waals surface area (Å²) in [6.07, 6.45) is 0. The molecule has 2 rings (SSSR count). The van der Waals surface area contributed by atoms with E-state index >= 15 is 0 Å². The van der Waals surface area contributed by atoms with Crippen LogP contribution in [-0.4, -0.2) is 34.7 Å². The molecule has 0 aliphatic heterocycles. The Morgan fingerprint density at radius 1 is 1.22 bits per heavy atom. The molecule has 0 aliphatic carbocycles. The van der Waals surface area contributed by atoms with Crippen LogP contribution >= 0.6 is 11.6 Å². The Balaban J connectivity index is 2.16. The fraction of sp³-hybridized carbons (Fsp3) is 0.188. The van der Waals surface area contributed by atoms with E-state index in [-0.39, 0.29) is 33.7 Å². The van der Waals surface area contributed by atoms with Crippen LogP contribution < -0.4 is 14.2 Å². The second-order valence-electron chi connectivity index (χ2n) is 4.97. The molecule has 0 amide bonds. The Morgan fingerprint density at radius 3 is 2.59 bits per heavy atom. The first-order valence-corrected chi connectivity index (χ1v) is 9.14. The highest BCUT2D eigenvalue weighted by Crippen LogP contribution is 2.29. The van der Waals surface area contributed by atoms with Crippen LogP contribution in [0.15, 0.2) is 47.4 Å². The minimum atomic E-state index is -4.06. The zero-order chi connectivity index (χ0) is 20.0. The lowest BCUT2D eigenvalue weighted by atomic mass is 10.3. The molecule has 1 N–H and O–H groups in total. The summed E-state index contributed by atoms with van der Waals surface area (Å²) in [4.78, 5) is 10.8. The van der Waals surface area contributed by atoms with Gasteiger partial charge in [0.2, 0.25) is 0 Å². The second kappa shape index (κ2) is 8.87. The average molecular weight is 422 g/mol. The van der Waals surface area contributed by atoms with Crippen LogP contribution in [0.5, 0.6) is 11.5 Å². The number of methoxy groups -OCH3 is 1. The molecule has 0 fully saturated rings. The number of hydrogen-bond acceptors (Lipinski definition) is 6. The Hall–Kier alpha value is -2.59. The Labute approximate surface area is 158 Å². The van der Waals surface area contributed by atoms with Crippen molar-refractivity contribution in [2.45, 2.75) is 11.5 Å². The van der Waals surface area contributed by atoms with Crippen molar-refractivity contribution in [3.8, 4) is 11.5 Å². The van der Waals surface area contributed by atoms with E-state index in [1.807, 2.05) is 0 Å². The lowest BCUT2D eigenvalue weighted by Gasteiger charge is -2.12. The zero-order valence-electron chi connectivity index (χ0n) is 13.8. The monoisotopic (exact) mass is 421 g/mol. The maximum Gasteiger partial charge on any atom is 0.387 e. The maximum atomic E-state index is 12.4. The minimum Gasteiger partial charge on any atom is -0.482 e. The molecule has 2 aromatic carbocycles. The van der Waals surface area contributed by atoms with E-state index < -0.39 is 22.6 Å². The van der Waals surface area contributed by atoms with Crippen LogP contribution in [0, 0.1) is 0 Å². The highest BCUT2D eigenvalue weighted by Gasteiger charge is 2.18. The molecule has 0 radical (unpaired) electrons. The molecule has 7 nitrogen and oxygen atoms in total. The summed E-state index contributed by atoms with van der Waals surface area (Å²) in [5.41, 5.74) is 0.154.